The average Bonchev–Trinajstić information content (AvgIpc) is 3.04. The van der Waals surface area contributed by atoms with Gasteiger partial charge in [-0.25, -0.2) is 0 Å². The van der Waals surface area contributed by atoms with Crippen molar-refractivity contribution in [1.82, 2.24) is 0 Å². The van der Waals surface area contributed by atoms with Crippen LogP contribution in [0, 0.1) is 0 Å². The number of pyridine rings is 1. The van der Waals surface area contributed by atoms with Crippen LogP contribution in [-0.4, -0.2) is 7.05 Å². The smallest absolute Gasteiger partial charge is 0.281 e. The maximum atomic E-state index is 6.73. The number of ether oxygens (including phenoxy) is 1. The van der Waals surface area contributed by atoms with Crippen LogP contribution in [0.25, 0.3) is 22.7 Å². The van der Waals surface area contributed by atoms with E-state index in [2.05, 4.69) is 39.8 Å². The van der Waals surface area contributed by atoms with Crippen molar-refractivity contribution < 1.29 is 9.30 Å². The highest BCUT2D eigenvalue weighted by atomic mass is 35.5. The molecule has 0 N–H and O–H groups in total. The molecule has 2 heterocycles. The first kappa shape index (κ1) is 16.8. The number of nitrogens with zero attached hydrogens (tertiary/aromatic N) is 2. The fraction of sp³-hybridized carbons (Fsp3) is 0.0417. The molecule has 0 bridgehead atoms. The van der Waals surface area contributed by atoms with E-state index in [9.17, 15) is 0 Å². The van der Waals surface area contributed by atoms with Crippen molar-refractivity contribution in [3.8, 4) is 11.4 Å². The minimum absolute atomic E-state index is 0.648. The van der Waals surface area contributed by atoms with Gasteiger partial charge in [0.2, 0.25) is 17.1 Å². The molecule has 0 saturated carbocycles. The molecule has 0 saturated heterocycles. The van der Waals surface area contributed by atoms with Gasteiger partial charge in [-0.05, 0) is 29.8 Å². The average molecular weight is 386 g/mol. The zero-order chi connectivity index (χ0) is 19.1. The number of hydrogen-bond acceptors (Lipinski definition) is 2. The molecule has 1 aliphatic heterocycles. The molecule has 5 rings (SSSR count). The summed E-state index contributed by atoms with van der Waals surface area (Å²) in [6, 6.07) is 28.4. The summed E-state index contributed by atoms with van der Waals surface area (Å²) in [5.74, 6) is 1.64. The van der Waals surface area contributed by atoms with E-state index in [4.69, 9.17) is 16.3 Å². The van der Waals surface area contributed by atoms with Gasteiger partial charge in [0.25, 0.3) is 5.15 Å². The van der Waals surface area contributed by atoms with Gasteiger partial charge in [-0.2, -0.15) is 0 Å². The third-order valence-corrected chi connectivity index (χ3v) is 5.29. The largest absolute Gasteiger partial charge is 0.439 e. The number of rotatable bonds is 2. The van der Waals surface area contributed by atoms with Crippen LogP contribution in [0.4, 0.5) is 5.69 Å². The van der Waals surface area contributed by atoms with Crippen molar-refractivity contribution in [2.45, 2.75) is 0 Å². The molecule has 1 aromatic heterocycles. The van der Waals surface area contributed by atoms with E-state index in [-0.39, 0.29) is 0 Å². The first-order valence-electron chi connectivity index (χ1n) is 9.13. The van der Waals surface area contributed by atoms with Crippen LogP contribution in [0.3, 0.4) is 0 Å². The number of aromatic nitrogens is 1. The predicted octanol–water partition coefficient (Wildman–Crippen LogP) is 5.60. The summed E-state index contributed by atoms with van der Waals surface area (Å²) in [4.78, 5) is 2.05. The second kappa shape index (κ2) is 6.70. The molecule has 0 aliphatic carbocycles. The van der Waals surface area contributed by atoms with Gasteiger partial charge in [0.05, 0.1) is 11.1 Å². The third-order valence-electron chi connectivity index (χ3n) is 5.01. The van der Waals surface area contributed by atoms with Gasteiger partial charge in [0, 0.05) is 43.0 Å². The Labute approximate surface area is 168 Å². The number of anilines is 1. The van der Waals surface area contributed by atoms with Crippen molar-refractivity contribution in [2.24, 2.45) is 0 Å². The second-order valence-electron chi connectivity index (χ2n) is 6.72. The Bertz CT molecular complexity index is 1220. The Morgan fingerprint density at radius 1 is 0.893 bits per heavy atom. The quantitative estimate of drug-likeness (QED) is 0.330. The monoisotopic (exact) mass is 385 g/mol. The van der Waals surface area contributed by atoms with Crippen molar-refractivity contribution in [3.05, 3.63) is 102 Å². The molecule has 0 spiro atoms. The lowest BCUT2D eigenvalue weighted by molar-refractivity contribution is -0.564. The Hall–Kier alpha value is -3.30. The van der Waals surface area contributed by atoms with Crippen molar-refractivity contribution in [3.63, 3.8) is 0 Å². The molecule has 136 valence electrons. The van der Waals surface area contributed by atoms with Crippen LogP contribution < -0.4 is 14.2 Å². The Balaban J connectivity index is 1.69. The van der Waals surface area contributed by atoms with Crippen molar-refractivity contribution in [1.29, 1.82) is 0 Å². The maximum Gasteiger partial charge on any atom is 0.281 e. The van der Waals surface area contributed by atoms with Gasteiger partial charge >= 0.3 is 0 Å². The van der Waals surface area contributed by atoms with E-state index >= 15 is 0 Å². The van der Waals surface area contributed by atoms with E-state index in [1.807, 2.05) is 67.7 Å². The minimum atomic E-state index is 0.648. The SMILES string of the molecule is CN1/C(=C\c2cc(Cl)[n+](-c3ccccc3)c3ccccc23)Oc2ccccc21. The van der Waals surface area contributed by atoms with Crippen LogP contribution in [0.1, 0.15) is 5.56 Å². The molecule has 0 amide bonds. The van der Waals surface area contributed by atoms with E-state index in [0.717, 1.165) is 39.5 Å². The second-order valence-corrected chi connectivity index (χ2v) is 7.11. The fourth-order valence-corrected chi connectivity index (χ4v) is 3.94. The number of hydrogen-bond donors (Lipinski definition) is 0. The molecule has 0 radical (unpaired) electrons. The van der Waals surface area contributed by atoms with Gasteiger partial charge < -0.3 is 9.64 Å². The molecule has 4 aromatic rings. The molecular weight excluding hydrogens is 368 g/mol. The summed E-state index contributed by atoms with van der Waals surface area (Å²) in [5, 5.41) is 1.76. The van der Waals surface area contributed by atoms with Crippen LogP contribution in [0.5, 0.6) is 5.75 Å². The molecule has 4 heteroatoms. The van der Waals surface area contributed by atoms with E-state index in [1.54, 1.807) is 0 Å². The zero-order valence-corrected chi connectivity index (χ0v) is 16.1. The Kier molecular flexibility index (Phi) is 4.03. The van der Waals surface area contributed by atoms with Crippen LogP contribution in [0.15, 0.2) is 90.8 Å². The van der Waals surface area contributed by atoms with Crippen molar-refractivity contribution in [2.75, 3.05) is 11.9 Å². The highest BCUT2D eigenvalue weighted by Crippen LogP contribution is 2.38. The normalized spacial score (nSPS) is 14.4. The van der Waals surface area contributed by atoms with E-state index < -0.39 is 0 Å². The molecule has 3 aromatic carbocycles. The molecular formula is C24H18ClN2O+. The number of benzene rings is 3. The lowest BCUT2D eigenvalue weighted by Gasteiger charge is -2.12. The predicted molar refractivity (Wildman–Crippen MR) is 114 cm³/mol. The molecule has 0 atom stereocenters. The summed E-state index contributed by atoms with van der Waals surface area (Å²) in [5.41, 5.74) is 4.15. The molecule has 0 unspecified atom stereocenters. The van der Waals surface area contributed by atoms with Crippen LogP contribution >= 0.6 is 11.6 Å². The zero-order valence-electron chi connectivity index (χ0n) is 15.3. The Morgan fingerprint density at radius 3 is 2.43 bits per heavy atom. The summed E-state index contributed by atoms with van der Waals surface area (Å²) in [7, 11) is 2.01. The Morgan fingerprint density at radius 2 is 1.61 bits per heavy atom. The topological polar surface area (TPSA) is 16.4 Å². The van der Waals surface area contributed by atoms with Gasteiger partial charge in [0.15, 0.2) is 5.75 Å². The maximum absolute atomic E-state index is 6.73. The standard InChI is InChI=1S/C24H18ClN2O/c1-26-21-13-7-8-14-22(21)28-24(26)16-17-15-23(25)27(18-9-3-2-4-10-18)20-12-6-5-11-19(17)20/h2-16H,1H3/q+1. The first-order valence-corrected chi connectivity index (χ1v) is 9.51. The van der Waals surface area contributed by atoms with Gasteiger partial charge in [-0.15, -0.1) is 4.57 Å². The van der Waals surface area contributed by atoms with Crippen LogP contribution in [-0.2, 0) is 0 Å². The van der Waals surface area contributed by atoms with E-state index in [1.165, 1.54) is 0 Å². The number of para-hydroxylation sites is 4. The third kappa shape index (κ3) is 2.72. The highest BCUT2D eigenvalue weighted by molar-refractivity contribution is 6.29. The van der Waals surface area contributed by atoms with Gasteiger partial charge in [-0.1, -0.05) is 42.5 Å². The van der Waals surface area contributed by atoms with Crippen molar-refractivity contribution >= 4 is 34.3 Å². The van der Waals surface area contributed by atoms with E-state index in [0.29, 0.717) is 5.15 Å². The summed E-state index contributed by atoms with van der Waals surface area (Å²) >= 11 is 6.73. The fourth-order valence-electron chi connectivity index (χ4n) is 3.64. The van der Waals surface area contributed by atoms with Crippen LogP contribution in [0.2, 0.25) is 5.15 Å². The highest BCUT2D eigenvalue weighted by Gasteiger charge is 2.24. The first-order chi connectivity index (χ1) is 13.7. The number of halogens is 1. The summed E-state index contributed by atoms with van der Waals surface area (Å²) in [6.07, 6.45) is 2.05. The van der Waals surface area contributed by atoms with Gasteiger partial charge in [-0.3, -0.25) is 0 Å². The van der Waals surface area contributed by atoms with Gasteiger partial charge in [0.1, 0.15) is 0 Å². The molecule has 28 heavy (non-hydrogen) atoms. The lowest BCUT2D eigenvalue weighted by atomic mass is 10.1. The number of fused-ring (bicyclic) bond motifs is 2. The molecule has 3 nitrogen and oxygen atoms in total. The summed E-state index contributed by atoms with van der Waals surface area (Å²) in [6.45, 7) is 0. The lowest BCUT2D eigenvalue weighted by Crippen LogP contribution is -2.33. The molecule has 0 fully saturated rings. The summed E-state index contributed by atoms with van der Waals surface area (Å²) < 4.78 is 8.13. The minimum Gasteiger partial charge on any atom is -0.439 e. The molecule has 1 aliphatic rings.